The molecule has 0 saturated carbocycles. The van der Waals surface area contributed by atoms with Gasteiger partial charge in [-0.15, -0.1) is 0 Å². The molecule has 0 saturated heterocycles. The molecule has 3 nitrogen and oxygen atoms in total. The minimum absolute atomic E-state index is 0.0338. The van der Waals surface area contributed by atoms with Crippen LogP contribution in [0, 0.1) is 6.92 Å². The van der Waals surface area contributed by atoms with Gasteiger partial charge in [0.2, 0.25) is 0 Å². The summed E-state index contributed by atoms with van der Waals surface area (Å²) in [4.78, 5) is 14.4. The van der Waals surface area contributed by atoms with E-state index in [-0.39, 0.29) is 5.91 Å². The van der Waals surface area contributed by atoms with Gasteiger partial charge >= 0.3 is 0 Å². The molecule has 0 radical (unpaired) electrons. The Morgan fingerprint density at radius 2 is 1.68 bits per heavy atom. The van der Waals surface area contributed by atoms with Crippen molar-refractivity contribution < 1.29 is 9.53 Å². The monoisotopic (exact) mass is 333 g/mol. The average Bonchev–Trinajstić information content (AvgIpc) is 2.63. The number of hydrogen-bond donors (Lipinski definition) is 0. The molecule has 0 aliphatic rings. The van der Waals surface area contributed by atoms with Gasteiger partial charge in [-0.2, -0.15) is 0 Å². The number of hydrogen-bond acceptors (Lipinski definition) is 2. The van der Waals surface area contributed by atoms with Crippen LogP contribution >= 0.6 is 0 Å². The first-order valence-corrected chi connectivity index (χ1v) is 8.49. The Morgan fingerprint density at radius 1 is 1.00 bits per heavy atom. The van der Waals surface area contributed by atoms with Crippen LogP contribution in [-0.2, 0) is 11.3 Å². The molecule has 3 heteroatoms. The SMILES string of the molecule is Cc1ccc(CN(C)C(=O)[C@@H](C)Oc2cccc3ccccc23)cc1. The summed E-state index contributed by atoms with van der Waals surface area (Å²) < 4.78 is 5.98. The van der Waals surface area contributed by atoms with Gasteiger partial charge in [-0.1, -0.05) is 66.2 Å². The summed E-state index contributed by atoms with van der Waals surface area (Å²) in [5, 5.41) is 2.12. The zero-order valence-corrected chi connectivity index (χ0v) is 14.9. The van der Waals surface area contributed by atoms with E-state index < -0.39 is 6.10 Å². The third-order valence-corrected chi connectivity index (χ3v) is 4.32. The number of rotatable bonds is 5. The summed E-state index contributed by atoms with van der Waals surface area (Å²) in [6.45, 7) is 4.43. The van der Waals surface area contributed by atoms with Crippen molar-refractivity contribution in [2.24, 2.45) is 0 Å². The van der Waals surface area contributed by atoms with Crippen LogP contribution in [0.25, 0.3) is 10.8 Å². The molecule has 1 amide bonds. The highest BCUT2D eigenvalue weighted by molar-refractivity contribution is 5.89. The lowest BCUT2D eigenvalue weighted by Crippen LogP contribution is -2.37. The van der Waals surface area contributed by atoms with E-state index in [0.29, 0.717) is 6.54 Å². The first kappa shape index (κ1) is 17.0. The number of likely N-dealkylation sites (N-methyl/N-ethyl adjacent to an activating group) is 1. The minimum atomic E-state index is -0.541. The highest BCUT2D eigenvalue weighted by Crippen LogP contribution is 2.26. The second kappa shape index (κ2) is 7.39. The van der Waals surface area contributed by atoms with Crippen molar-refractivity contribution in [1.82, 2.24) is 4.90 Å². The molecular weight excluding hydrogens is 310 g/mol. The number of carbonyl (C=O) groups excluding carboxylic acids is 1. The normalized spacial score (nSPS) is 12.0. The second-order valence-electron chi connectivity index (χ2n) is 6.42. The Bertz CT molecular complexity index is 865. The molecule has 0 aliphatic heterocycles. The first-order chi connectivity index (χ1) is 12.0. The molecule has 0 aromatic heterocycles. The first-order valence-electron chi connectivity index (χ1n) is 8.49. The van der Waals surface area contributed by atoms with Crippen molar-refractivity contribution in [3.63, 3.8) is 0 Å². The molecule has 128 valence electrons. The van der Waals surface area contributed by atoms with Crippen molar-refractivity contribution in [2.45, 2.75) is 26.5 Å². The van der Waals surface area contributed by atoms with Crippen LogP contribution in [-0.4, -0.2) is 24.0 Å². The topological polar surface area (TPSA) is 29.5 Å². The smallest absolute Gasteiger partial charge is 0.263 e. The summed E-state index contributed by atoms with van der Waals surface area (Å²) in [5.41, 5.74) is 2.32. The average molecular weight is 333 g/mol. The van der Waals surface area contributed by atoms with Crippen LogP contribution in [0.15, 0.2) is 66.7 Å². The molecule has 0 spiro atoms. The second-order valence-corrected chi connectivity index (χ2v) is 6.42. The number of fused-ring (bicyclic) bond motifs is 1. The molecule has 0 bridgehead atoms. The zero-order chi connectivity index (χ0) is 17.8. The van der Waals surface area contributed by atoms with Crippen LogP contribution in [0.5, 0.6) is 5.75 Å². The van der Waals surface area contributed by atoms with Gasteiger partial charge in [-0.3, -0.25) is 4.79 Å². The Labute approximate surface area is 148 Å². The van der Waals surface area contributed by atoms with Crippen molar-refractivity contribution in [3.8, 4) is 5.75 Å². The molecule has 25 heavy (non-hydrogen) atoms. The highest BCUT2D eigenvalue weighted by Gasteiger charge is 2.20. The van der Waals surface area contributed by atoms with Gasteiger partial charge < -0.3 is 9.64 Å². The predicted molar refractivity (Wildman–Crippen MR) is 102 cm³/mol. The molecular formula is C22H23NO2. The molecule has 0 fully saturated rings. The molecule has 0 aliphatic carbocycles. The van der Waals surface area contributed by atoms with Gasteiger partial charge in [-0.25, -0.2) is 0 Å². The maximum atomic E-state index is 12.7. The van der Waals surface area contributed by atoms with E-state index in [9.17, 15) is 4.79 Å². The largest absolute Gasteiger partial charge is 0.480 e. The van der Waals surface area contributed by atoms with Gasteiger partial charge in [-0.05, 0) is 30.9 Å². The van der Waals surface area contributed by atoms with Crippen LogP contribution < -0.4 is 4.74 Å². The lowest BCUT2D eigenvalue weighted by Gasteiger charge is -2.23. The van der Waals surface area contributed by atoms with Crippen molar-refractivity contribution in [2.75, 3.05) is 7.05 Å². The lowest BCUT2D eigenvalue weighted by atomic mass is 10.1. The number of carbonyl (C=O) groups is 1. The van der Waals surface area contributed by atoms with Gasteiger partial charge in [0, 0.05) is 19.0 Å². The quantitative estimate of drug-likeness (QED) is 0.684. The van der Waals surface area contributed by atoms with E-state index in [2.05, 4.69) is 31.2 Å². The fourth-order valence-electron chi connectivity index (χ4n) is 2.89. The fraction of sp³-hybridized carbons (Fsp3) is 0.227. The van der Waals surface area contributed by atoms with Gasteiger partial charge in [0.05, 0.1) is 0 Å². The number of ether oxygens (including phenoxy) is 1. The molecule has 3 aromatic carbocycles. The third-order valence-electron chi connectivity index (χ3n) is 4.32. The maximum Gasteiger partial charge on any atom is 0.263 e. The molecule has 0 heterocycles. The summed E-state index contributed by atoms with van der Waals surface area (Å²) in [6, 6.07) is 22.1. The van der Waals surface area contributed by atoms with E-state index in [1.54, 1.807) is 11.8 Å². The summed E-state index contributed by atoms with van der Waals surface area (Å²) in [6.07, 6.45) is -0.541. The predicted octanol–water partition coefficient (Wildman–Crippen LogP) is 4.57. The molecule has 0 unspecified atom stereocenters. The standard InChI is InChI=1S/C22H23NO2/c1-16-11-13-18(14-12-16)15-23(3)22(24)17(2)25-21-10-6-8-19-7-4-5-9-20(19)21/h4-14,17H,15H2,1-3H3/t17-/m1/s1. The van der Waals surface area contributed by atoms with Crippen LogP contribution in [0.4, 0.5) is 0 Å². The van der Waals surface area contributed by atoms with Crippen molar-refractivity contribution in [3.05, 3.63) is 77.9 Å². The minimum Gasteiger partial charge on any atom is -0.480 e. The Kier molecular flexibility index (Phi) is 5.03. The van der Waals surface area contributed by atoms with Crippen LogP contribution in [0.2, 0.25) is 0 Å². The lowest BCUT2D eigenvalue weighted by molar-refractivity contribution is -0.137. The number of amides is 1. The number of nitrogens with zero attached hydrogens (tertiary/aromatic N) is 1. The van der Waals surface area contributed by atoms with E-state index >= 15 is 0 Å². The zero-order valence-electron chi connectivity index (χ0n) is 14.9. The van der Waals surface area contributed by atoms with E-state index in [1.807, 2.05) is 49.5 Å². The third kappa shape index (κ3) is 4.00. The Morgan fingerprint density at radius 3 is 2.44 bits per heavy atom. The molecule has 0 N–H and O–H groups in total. The van der Waals surface area contributed by atoms with Gasteiger partial charge in [0.1, 0.15) is 5.75 Å². The maximum absolute atomic E-state index is 12.7. The molecule has 1 atom stereocenters. The summed E-state index contributed by atoms with van der Waals surface area (Å²) >= 11 is 0. The van der Waals surface area contributed by atoms with Crippen LogP contribution in [0.1, 0.15) is 18.1 Å². The van der Waals surface area contributed by atoms with Crippen molar-refractivity contribution >= 4 is 16.7 Å². The van der Waals surface area contributed by atoms with Gasteiger partial charge in [0.25, 0.3) is 5.91 Å². The van der Waals surface area contributed by atoms with Gasteiger partial charge in [0.15, 0.2) is 6.10 Å². The molecule has 3 rings (SSSR count). The van der Waals surface area contributed by atoms with E-state index in [0.717, 1.165) is 22.1 Å². The number of aryl methyl sites for hydroxylation is 1. The molecule has 3 aromatic rings. The van der Waals surface area contributed by atoms with Crippen LogP contribution in [0.3, 0.4) is 0 Å². The van der Waals surface area contributed by atoms with Crippen molar-refractivity contribution in [1.29, 1.82) is 0 Å². The fourth-order valence-corrected chi connectivity index (χ4v) is 2.89. The summed E-state index contributed by atoms with van der Waals surface area (Å²) in [5.74, 6) is 0.705. The number of benzene rings is 3. The Hall–Kier alpha value is -2.81. The van der Waals surface area contributed by atoms with E-state index in [1.165, 1.54) is 5.56 Å². The Balaban J connectivity index is 1.70. The highest BCUT2D eigenvalue weighted by atomic mass is 16.5. The van der Waals surface area contributed by atoms with E-state index in [4.69, 9.17) is 4.74 Å². The summed E-state index contributed by atoms with van der Waals surface area (Å²) in [7, 11) is 1.81.